The van der Waals surface area contributed by atoms with Crippen molar-refractivity contribution >= 4 is 16.3 Å². The third-order valence-electron chi connectivity index (χ3n) is 2.78. The van der Waals surface area contributed by atoms with Gasteiger partial charge in [-0.1, -0.05) is 12.1 Å². The number of carbonyl (C=O) groups is 1. The van der Waals surface area contributed by atoms with E-state index in [-0.39, 0.29) is 11.4 Å². The zero-order valence-electron chi connectivity index (χ0n) is 9.11. The monoisotopic (exact) mass is 255 g/mol. The van der Waals surface area contributed by atoms with E-state index in [1.807, 2.05) is 0 Å². The van der Waals surface area contributed by atoms with Gasteiger partial charge in [0, 0.05) is 18.7 Å². The molecule has 0 spiro atoms. The number of aldehydes is 1. The Morgan fingerprint density at radius 3 is 2.41 bits per heavy atom. The number of benzene rings is 1. The van der Waals surface area contributed by atoms with Crippen molar-refractivity contribution in [3.8, 4) is 0 Å². The summed E-state index contributed by atoms with van der Waals surface area (Å²) in [5.74, 6) is 0. The predicted molar refractivity (Wildman–Crippen MR) is 61.2 cm³/mol. The fraction of sp³-hybridized carbons (Fsp3) is 0.364. The van der Waals surface area contributed by atoms with E-state index >= 15 is 0 Å². The molecule has 5 nitrogen and oxygen atoms in total. The highest BCUT2D eigenvalue weighted by molar-refractivity contribution is 7.89. The zero-order chi connectivity index (χ0) is 12.5. The number of aliphatic hydroxyl groups excluding tert-OH is 1. The summed E-state index contributed by atoms with van der Waals surface area (Å²) in [6.45, 7) is 0.469. The Kier molecular flexibility index (Phi) is 3.28. The number of nitrogens with zero attached hydrogens (tertiary/aromatic N) is 1. The highest BCUT2D eigenvalue weighted by Gasteiger charge is 2.31. The van der Waals surface area contributed by atoms with Crippen LogP contribution >= 0.6 is 0 Å². The number of hydrogen-bond donors (Lipinski definition) is 1. The van der Waals surface area contributed by atoms with Crippen molar-refractivity contribution < 1.29 is 18.3 Å². The van der Waals surface area contributed by atoms with Crippen molar-refractivity contribution in [3.05, 3.63) is 29.8 Å². The van der Waals surface area contributed by atoms with Gasteiger partial charge >= 0.3 is 0 Å². The molecule has 0 aliphatic carbocycles. The van der Waals surface area contributed by atoms with Gasteiger partial charge in [0.2, 0.25) is 10.0 Å². The van der Waals surface area contributed by atoms with Gasteiger partial charge in [-0.2, -0.15) is 4.31 Å². The minimum absolute atomic E-state index is 0.137. The quantitative estimate of drug-likeness (QED) is 0.786. The third kappa shape index (κ3) is 2.38. The molecule has 1 N–H and O–H groups in total. The van der Waals surface area contributed by atoms with E-state index < -0.39 is 16.1 Å². The first-order valence-electron chi connectivity index (χ1n) is 5.27. The number of sulfonamides is 1. The van der Waals surface area contributed by atoms with Crippen LogP contribution in [-0.4, -0.2) is 43.3 Å². The Hall–Kier alpha value is -1.24. The molecule has 1 unspecified atom stereocenters. The Morgan fingerprint density at radius 2 is 1.94 bits per heavy atom. The van der Waals surface area contributed by atoms with E-state index in [9.17, 15) is 18.3 Å². The van der Waals surface area contributed by atoms with Crippen LogP contribution in [0.2, 0.25) is 0 Å². The van der Waals surface area contributed by atoms with Crippen molar-refractivity contribution in [1.29, 1.82) is 0 Å². The van der Waals surface area contributed by atoms with E-state index in [2.05, 4.69) is 0 Å². The van der Waals surface area contributed by atoms with Crippen LogP contribution in [0.5, 0.6) is 0 Å². The maximum atomic E-state index is 12.1. The number of carbonyl (C=O) groups excluding carboxylic acids is 1. The third-order valence-corrected chi connectivity index (χ3v) is 4.66. The van der Waals surface area contributed by atoms with Crippen molar-refractivity contribution in [1.82, 2.24) is 4.31 Å². The van der Waals surface area contributed by atoms with Gasteiger partial charge in [0.25, 0.3) is 0 Å². The number of rotatable bonds is 3. The van der Waals surface area contributed by atoms with Crippen molar-refractivity contribution in [2.24, 2.45) is 0 Å². The summed E-state index contributed by atoms with van der Waals surface area (Å²) in [6, 6.07) is 5.74. The molecular weight excluding hydrogens is 242 g/mol. The Labute approximate surface area is 99.7 Å². The normalized spacial score (nSPS) is 21.6. The first-order chi connectivity index (χ1) is 8.04. The molecule has 0 saturated carbocycles. The van der Waals surface area contributed by atoms with Gasteiger partial charge in [-0.3, -0.25) is 4.79 Å². The summed E-state index contributed by atoms with van der Waals surface area (Å²) in [7, 11) is -3.54. The molecule has 1 fully saturated rings. The maximum absolute atomic E-state index is 12.1. The van der Waals surface area contributed by atoms with Crippen LogP contribution in [0, 0.1) is 0 Å². The highest BCUT2D eigenvalue weighted by Crippen LogP contribution is 2.21. The lowest BCUT2D eigenvalue weighted by molar-refractivity contribution is 0.112. The van der Waals surface area contributed by atoms with E-state index in [1.54, 1.807) is 0 Å². The molecule has 0 bridgehead atoms. The Morgan fingerprint density at radius 1 is 1.29 bits per heavy atom. The largest absolute Gasteiger partial charge is 0.392 e. The zero-order valence-corrected chi connectivity index (χ0v) is 9.93. The molecule has 1 aliphatic heterocycles. The van der Waals surface area contributed by atoms with Gasteiger partial charge in [0.05, 0.1) is 11.0 Å². The molecule has 2 rings (SSSR count). The minimum Gasteiger partial charge on any atom is -0.392 e. The van der Waals surface area contributed by atoms with Crippen LogP contribution in [0.3, 0.4) is 0 Å². The first-order valence-corrected chi connectivity index (χ1v) is 6.71. The van der Waals surface area contributed by atoms with E-state index in [1.165, 1.54) is 28.6 Å². The van der Waals surface area contributed by atoms with E-state index in [4.69, 9.17) is 0 Å². The molecule has 0 amide bonds. The second-order valence-corrected chi connectivity index (χ2v) is 5.93. The molecule has 92 valence electrons. The molecule has 1 aromatic rings. The molecule has 1 heterocycles. The Balaban J connectivity index is 2.28. The second kappa shape index (κ2) is 4.56. The molecule has 6 heteroatoms. The van der Waals surface area contributed by atoms with Gasteiger partial charge in [-0.05, 0) is 18.6 Å². The average Bonchev–Trinajstić information content (AvgIpc) is 2.77. The standard InChI is InChI=1S/C11H13NO4S/c13-8-9-1-3-11(4-2-9)17(15,16)12-6-5-10(14)7-12/h1-4,8,10,14H,5-7H2. The topological polar surface area (TPSA) is 74.7 Å². The molecular formula is C11H13NO4S. The van der Waals surface area contributed by atoms with Crippen LogP contribution in [0.1, 0.15) is 16.8 Å². The van der Waals surface area contributed by atoms with Crippen LogP contribution in [0.15, 0.2) is 29.2 Å². The summed E-state index contributed by atoms with van der Waals surface area (Å²) >= 11 is 0. The van der Waals surface area contributed by atoms with Gasteiger partial charge in [0.1, 0.15) is 6.29 Å². The second-order valence-electron chi connectivity index (χ2n) is 3.99. The van der Waals surface area contributed by atoms with Gasteiger partial charge in [-0.25, -0.2) is 8.42 Å². The van der Waals surface area contributed by atoms with Crippen molar-refractivity contribution in [3.63, 3.8) is 0 Å². The van der Waals surface area contributed by atoms with Gasteiger partial charge in [0.15, 0.2) is 0 Å². The highest BCUT2D eigenvalue weighted by atomic mass is 32.2. The fourth-order valence-electron chi connectivity index (χ4n) is 1.80. The van der Waals surface area contributed by atoms with Crippen LogP contribution in [-0.2, 0) is 10.0 Å². The molecule has 1 atom stereocenters. The maximum Gasteiger partial charge on any atom is 0.243 e. The summed E-state index contributed by atoms with van der Waals surface area (Å²) in [5.41, 5.74) is 0.436. The smallest absolute Gasteiger partial charge is 0.243 e. The van der Waals surface area contributed by atoms with Crippen LogP contribution in [0.25, 0.3) is 0 Å². The van der Waals surface area contributed by atoms with Crippen LogP contribution < -0.4 is 0 Å². The molecule has 17 heavy (non-hydrogen) atoms. The molecule has 0 aromatic heterocycles. The van der Waals surface area contributed by atoms with E-state index in [0.29, 0.717) is 24.8 Å². The summed E-state index contributed by atoms with van der Waals surface area (Å²) in [6.07, 6.45) is 0.542. The van der Waals surface area contributed by atoms with E-state index in [0.717, 1.165) is 0 Å². The van der Waals surface area contributed by atoms with Crippen LogP contribution in [0.4, 0.5) is 0 Å². The van der Waals surface area contributed by atoms with Crippen molar-refractivity contribution in [2.45, 2.75) is 17.4 Å². The van der Waals surface area contributed by atoms with Crippen molar-refractivity contribution in [2.75, 3.05) is 13.1 Å². The van der Waals surface area contributed by atoms with Gasteiger partial charge < -0.3 is 5.11 Å². The lowest BCUT2D eigenvalue weighted by Crippen LogP contribution is -2.29. The Bertz CT molecular complexity index is 509. The lowest BCUT2D eigenvalue weighted by atomic mass is 10.2. The lowest BCUT2D eigenvalue weighted by Gasteiger charge is -2.15. The molecule has 0 radical (unpaired) electrons. The fourth-order valence-corrected chi connectivity index (χ4v) is 3.29. The first kappa shape index (κ1) is 12.2. The molecule has 1 aliphatic rings. The number of hydrogen-bond acceptors (Lipinski definition) is 4. The average molecular weight is 255 g/mol. The summed E-state index contributed by atoms with van der Waals surface area (Å²) in [4.78, 5) is 10.6. The number of aliphatic hydroxyl groups is 1. The minimum atomic E-state index is -3.54. The number of β-amino-alcohol motifs (C(OH)–C–C–N with tert-alkyl or cyclic N) is 1. The SMILES string of the molecule is O=Cc1ccc(S(=O)(=O)N2CCC(O)C2)cc1. The summed E-state index contributed by atoms with van der Waals surface area (Å²) < 4.78 is 25.5. The predicted octanol–water partition coefficient (Wildman–Crippen LogP) is 0.254. The van der Waals surface area contributed by atoms with Gasteiger partial charge in [-0.15, -0.1) is 0 Å². The summed E-state index contributed by atoms with van der Waals surface area (Å²) in [5, 5.41) is 9.34. The molecule has 1 aromatic carbocycles. The molecule has 1 saturated heterocycles.